The lowest BCUT2D eigenvalue weighted by Crippen LogP contribution is -2.15. The minimum atomic E-state index is -0.0288. The molecule has 24 heavy (non-hydrogen) atoms. The lowest BCUT2D eigenvalue weighted by molar-refractivity contribution is -0.116. The summed E-state index contributed by atoms with van der Waals surface area (Å²) in [7, 11) is 0. The summed E-state index contributed by atoms with van der Waals surface area (Å²) in [5.74, 6) is 1.53. The quantitative estimate of drug-likeness (QED) is 0.837. The van der Waals surface area contributed by atoms with Gasteiger partial charge in [0.2, 0.25) is 5.91 Å². The van der Waals surface area contributed by atoms with Gasteiger partial charge in [-0.1, -0.05) is 6.07 Å². The van der Waals surface area contributed by atoms with Crippen LogP contribution < -0.4 is 14.8 Å². The fourth-order valence-electron chi connectivity index (χ4n) is 2.93. The molecule has 1 aliphatic carbocycles. The van der Waals surface area contributed by atoms with Gasteiger partial charge in [0.1, 0.15) is 11.5 Å². The number of hydrogen-bond acceptors (Lipinski definition) is 3. The second-order valence-corrected chi connectivity index (χ2v) is 5.89. The molecule has 0 spiro atoms. The molecule has 1 amide bonds. The van der Waals surface area contributed by atoms with Crippen molar-refractivity contribution in [3.05, 3.63) is 53.6 Å². The van der Waals surface area contributed by atoms with Gasteiger partial charge >= 0.3 is 0 Å². The second-order valence-electron chi connectivity index (χ2n) is 5.89. The standard InChI is InChI=1S/C20H23NO3/c1-2-23-18-8-10-19(11-9-18)24-13-12-20(22)21-17-7-6-15-4-3-5-16(15)14-17/h6-11,14H,2-5,12-13H2,1H3,(H,21,22). The molecular formula is C20H23NO3. The summed E-state index contributed by atoms with van der Waals surface area (Å²) in [6.45, 7) is 2.94. The Labute approximate surface area is 142 Å². The fourth-order valence-corrected chi connectivity index (χ4v) is 2.93. The van der Waals surface area contributed by atoms with E-state index < -0.39 is 0 Å². The predicted molar refractivity (Wildman–Crippen MR) is 94.8 cm³/mol. The number of ether oxygens (including phenoxy) is 2. The number of carbonyl (C=O) groups excluding carboxylic acids is 1. The van der Waals surface area contributed by atoms with E-state index >= 15 is 0 Å². The highest BCUT2D eigenvalue weighted by atomic mass is 16.5. The molecule has 0 unspecified atom stereocenters. The first-order valence-corrected chi connectivity index (χ1v) is 8.52. The Morgan fingerprint density at radius 2 is 1.71 bits per heavy atom. The summed E-state index contributed by atoms with van der Waals surface area (Å²) in [6.07, 6.45) is 3.80. The van der Waals surface area contributed by atoms with Crippen LogP contribution in [0.2, 0.25) is 0 Å². The summed E-state index contributed by atoms with van der Waals surface area (Å²) < 4.78 is 11.0. The lowest BCUT2D eigenvalue weighted by Gasteiger charge is -2.09. The van der Waals surface area contributed by atoms with E-state index in [-0.39, 0.29) is 5.91 Å². The van der Waals surface area contributed by atoms with Crippen molar-refractivity contribution >= 4 is 11.6 Å². The summed E-state index contributed by atoms with van der Waals surface area (Å²) in [5.41, 5.74) is 3.65. The van der Waals surface area contributed by atoms with Crippen molar-refractivity contribution in [2.24, 2.45) is 0 Å². The van der Waals surface area contributed by atoms with E-state index in [9.17, 15) is 4.79 Å². The van der Waals surface area contributed by atoms with Gasteiger partial charge in [0, 0.05) is 5.69 Å². The largest absolute Gasteiger partial charge is 0.494 e. The molecule has 0 bridgehead atoms. The molecule has 126 valence electrons. The molecule has 0 aromatic heterocycles. The molecule has 0 aliphatic heterocycles. The number of fused-ring (bicyclic) bond motifs is 1. The summed E-state index contributed by atoms with van der Waals surface area (Å²) in [6, 6.07) is 13.6. The van der Waals surface area contributed by atoms with E-state index in [2.05, 4.69) is 17.4 Å². The molecule has 4 heteroatoms. The van der Waals surface area contributed by atoms with Crippen LogP contribution in [0.4, 0.5) is 5.69 Å². The van der Waals surface area contributed by atoms with Gasteiger partial charge in [0.25, 0.3) is 0 Å². The first-order valence-electron chi connectivity index (χ1n) is 8.52. The van der Waals surface area contributed by atoms with Gasteiger partial charge in [-0.15, -0.1) is 0 Å². The van der Waals surface area contributed by atoms with E-state index in [1.54, 1.807) is 0 Å². The van der Waals surface area contributed by atoms with Gasteiger partial charge in [0.15, 0.2) is 0 Å². The maximum absolute atomic E-state index is 12.0. The third-order valence-corrected chi connectivity index (χ3v) is 4.11. The molecule has 4 nitrogen and oxygen atoms in total. The molecule has 1 aliphatic rings. The molecular weight excluding hydrogens is 302 g/mol. The molecule has 2 aromatic carbocycles. The van der Waals surface area contributed by atoms with Crippen LogP contribution in [0.25, 0.3) is 0 Å². The van der Waals surface area contributed by atoms with Crippen molar-refractivity contribution in [1.29, 1.82) is 0 Å². The minimum Gasteiger partial charge on any atom is -0.494 e. The van der Waals surface area contributed by atoms with E-state index in [1.165, 1.54) is 17.5 Å². The number of benzene rings is 2. The molecule has 0 heterocycles. The maximum Gasteiger partial charge on any atom is 0.227 e. The third kappa shape index (κ3) is 4.28. The van der Waals surface area contributed by atoms with E-state index in [0.717, 1.165) is 30.0 Å². The van der Waals surface area contributed by atoms with Gasteiger partial charge in [-0.05, 0) is 73.7 Å². The summed E-state index contributed by atoms with van der Waals surface area (Å²) >= 11 is 0. The average molecular weight is 325 g/mol. The number of nitrogens with one attached hydrogen (secondary N) is 1. The number of amides is 1. The van der Waals surface area contributed by atoms with Crippen molar-refractivity contribution in [1.82, 2.24) is 0 Å². The molecule has 1 N–H and O–H groups in total. The monoisotopic (exact) mass is 325 g/mol. The Kier molecular flexibility index (Phi) is 5.36. The van der Waals surface area contributed by atoms with Crippen LogP contribution >= 0.6 is 0 Å². The Morgan fingerprint density at radius 1 is 1.00 bits per heavy atom. The average Bonchev–Trinajstić information content (AvgIpc) is 3.04. The van der Waals surface area contributed by atoms with Crippen molar-refractivity contribution < 1.29 is 14.3 Å². The Bertz CT molecular complexity index is 695. The molecule has 0 saturated heterocycles. The van der Waals surface area contributed by atoms with Crippen LogP contribution in [-0.4, -0.2) is 19.1 Å². The first kappa shape index (κ1) is 16.4. The third-order valence-electron chi connectivity index (χ3n) is 4.11. The fraction of sp³-hybridized carbons (Fsp3) is 0.350. The molecule has 2 aromatic rings. The van der Waals surface area contributed by atoms with Crippen LogP contribution in [0.5, 0.6) is 11.5 Å². The van der Waals surface area contributed by atoms with Crippen LogP contribution in [-0.2, 0) is 17.6 Å². The maximum atomic E-state index is 12.0. The summed E-state index contributed by atoms with van der Waals surface area (Å²) in [4.78, 5) is 12.0. The highest BCUT2D eigenvalue weighted by molar-refractivity contribution is 5.90. The number of carbonyl (C=O) groups is 1. The van der Waals surface area contributed by atoms with Gasteiger partial charge in [-0.3, -0.25) is 4.79 Å². The molecule has 0 saturated carbocycles. The highest BCUT2D eigenvalue weighted by Crippen LogP contribution is 2.25. The summed E-state index contributed by atoms with van der Waals surface area (Å²) in [5, 5.41) is 2.94. The van der Waals surface area contributed by atoms with E-state index in [0.29, 0.717) is 19.6 Å². The van der Waals surface area contributed by atoms with Gasteiger partial charge in [-0.25, -0.2) is 0 Å². The number of aryl methyl sites for hydroxylation is 2. The molecule has 0 fully saturated rings. The smallest absolute Gasteiger partial charge is 0.227 e. The van der Waals surface area contributed by atoms with Gasteiger partial charge in [0.05, 0.1) is 19.6 Å². The van der Waals surface area contributed by atoms with Crippen LogP contribution in [0.3, 0.4) is 0 Å². The van der Waals surface area contributed by atoms with Gasteiger partial charge < -0.3 is 14.8 Å². The second kappa shape index (κ2) is 7.86. The minimum absolute atomic E-state index is 0.0288. The lowest BCUT2D eigenvalue weighted by atomic mass is 10.1. The van der Waals surface area contributed by atoms with Crippen molar-refractivity contribution in [2.45, 2.75) is 32.6 Å². The molecule has 3 rings (SSSR count). The van der Waals surface area contributed by atoms with E-state index in [1.807, 2.05) is 37.3 Å². The highest BCUT2D eigenvalue weighted by Gasteiger charge is 2.11. The first-order chi connectivity index (χ1) is 11.7. The van der Waals surface area contributed by atoms with Crippen molar-refractivity contribution in [3.63, 3.8) is 0 Å². The topological polar surface area (TPSA) is 47.6 Å². The molecule has 0 atom stereocenters. The number of rotatable bonds is 7. The number of hydrogen-bond donors (Lipinski definition) is 1. The van der Waals surface area contributed by atoms with Crippen molar-refractivity contribution in [2.75, 3.05) is 18.5 Å². The predicted octanol–water partition coefficient (Wildman–Crippen LogP) is 3.98. The Balaban J connectivity index is 1.44. The Morgan fingerprint density at radius 3 is 2.46 bits per heavy atom. The normalized spacial score (nSPS) is 12.5. The zero-order valence-electron chi connectivity index (χ0n) is 14.0. The van der Waals surface area contributed by atoms with Crippen LogP contribution in [0.1, 0.15) is 30.9 Å². The Hall–Kier alpha value is -2.49. The molecule has 0 radical (unpaired) electrons. The van der Waals surface area contributed by atoms with Crippen molar-refractivity contribution in [3.8, 4) is 11.5 Å². The van der Waals surface area contributed by atoms with Crippen LogP contribution in [0, 0.1) is 0 Å². The zero-order valence-corrected chi connectivity index (χ0v) is 14.0. The van der Waals surface area contributed by atoms with Crippen LogP contribution in [0.15, 0.2) is 42.5 Å². The zero-order chi connectivity index (χ0) is 16.8. The SMILES string of the molecule is CCOc1ccc(OCCC(=O)Nc2ccc3c(c2)CCC3)cc1. The number of anilines is 1. The van der Waals surface area contributed by atoms with Gasteiger partial charge in [-0.2, -0.15) is 0 Å². The van der Waals surface area contributed by atoms with E-state index in [4.69, 9.17) is 9.47 Å².